The fraction of sp³-hybridized carbons (Fsp3) is 0.679. The molecule has 0 radical (unpaired) electrons. The predicted molar refractivity (Wildman–Crippen MR) is 142 cm³/mol. The van der Waals surface area contributed by atoms with Gasteiger partial charge in [-0.1, -0.05) is 18.8 Å². The predicted octanol–water partition coefficient (Wildman–Crippen LogP) is 5.20. The summed E-state index contributed by atoms with van der Waals surface area (Å²) in [4.78, 5) is 40.7. The third-order valence-electron chi connectivity index (χ3n) is 6.99. The number of hydrogen-bond donors (Lipinski definition) is 2. The third kappa shape index (κ3) is 7.33. The van der Waals surface area contributed by atoms with E-state index in [1.807, 2.05) is 20.8 Å². The van der Waals surface area contributed by atoms with Crippen molar-refractivity contribution >= 4 is 34.9 Å². The van der Waals surface area contributed by atoms with Crippen LogP contribution in [0.2, 0.25) is 0 Å². The number of anilines is 1. The van der Waals surface area contributed by atoms with Gasteiger partial charge in [-0.3, -0.25) is 9.59 Å². The highest BCUT2D eigenvalue weighted by atomic mass is 32.1. The Hall–Kier alpha value is -2.37. The van der Waals surface area contributed by atoms with Gasteiger partial charge in [0.05, 0.1) is 10.6 Å². The van der Waals surface area contributed by atoms with Crippen LogP contribution in [0, 0.1) is 29.1 Å². The van der Waals surface area contributed by atoms with Crippen LogP contribution in [0.3, 0.4) is 0 Å². The minimum Gasteiger partial charge on any atom is -0.477 e. The molecule has 1 heterocycles. The smallest absolute Gasteiger partial charge is 0.348 e. The van der Waals surface area contributed by atoms with Gasteiger partial charge in [0.2, 0.25) is 5.91 Å². The van der Waals surface area contributed by atoms with Gasteiger partial charge in [0, 0.05) is 17.4 Å². The summed E-state index contributed by atoms with van der Waals surface area (Å²) in [6, 6.07) is 0.947. The van der Waals surface area contributed by atoms with Crippen molar-refractivity contribution in [1.82, 2.24) is 0 Å². The van der Waals surface area contributed by atoms with Crippen LogP contribution in [0.15, 0.2) is 6.07 Å². The Labute approximate surface area is 218 Å². The van der Waals surface area contributed by atoms with E-state index in [9.17, 15) is 19.5 Å². The number of nitrogens with zero attached hydrogens (tertiary/aromatic N) is 1. The zero-order chi connectivity index (χ0) is 26.6. The van der Waals surface area contributed by atoms with Crippen molar-refractivity contribution in [3.05, 3.63) is 15.8 Å². The number of carboxylic acid groups (broad SMARTS) is 1. The molecule has 1 aromatic heterocycles. The highest BCUT2D eigenvalue weighted by Crippen LogP contribution is 2.39. The molecule has 1 amide bonds. The summed E-state index contributed by atoms with van der Waals surface area (Å²) < 4.78 is 5.53. The van der Waals surface area contributed by atoms with Crippen molar-refractivity contribution < 1.29 is 24.2 Å². The molecule has 36 heavy (non-hydrogen) atoms. The number of rotatable bonds is 6. The van der Waals surface area contributed by atoms with Crippen LogP contribution >= 0.6 is 11.3 Å². The fourth-order valence-corrected chi connectivity index (χ4v) is 5.76. The molecule has 198 valence electrons. The quantitative estimate of drug-likeness (QED) is 0.397. The maximum absolute atomic E-state index is 14.0. The first kappa shape index (κ1) is 28.2. The largest absolute Gasteiger partial charge is 0.477 e. The molecule has 1 aromatic rings. The monoisotopic (exact) mass is 516 g/mol. The van der Waals surface area contributed by atoms with Gasteiger partial charge in [-0.15, -0.1) is 11.3 Å². The van der Waals surface area contributed by atoms with Gasteiger partial charge in [-0.05, 0) is 91.0 Å². The molecule has 2 aliphatic carbocycles. The number of carbonyl (C=O) groups excluding carboxylic acids is 2. The van der Waals surface area contributed by atoms with Crippen molar-refractivity contribution in [1.29, 1.82) is 0 Å². The number of amides is 1. The van der Waals surface area contributed by atoms with Crippen LogP contribution in [0.4, 0.5) is 5.69 Å². The van der Waals surface area contributed by atoms with E-state index >= 15 is 0 Å². The summed E-state index contributed by atoms with van der Waals surface area (Å²) in [6.07, 6.45) is 5.89. The molecule has 7 nitrogen and oxygen atoms in total. The van der Waals surface area contributed by atoms with E-state index in [1.54, 1.807) is 17.9 Å². The molecular weight excluding hydrogens is 476 g/mol. The van der Waals surface area contributed by atoms with E-state index in [2.05, 4.69) is 18.8 Å². The van der Waals surface area contributed by atoms with Crippen LogP contribution in [0.25, 0.3) is 0 Å². The maximum Gasteiger partial charge on any atom is 0.348 e. The van der Waals surface area contributed by atoms with Gasteiger partial charge < -0.3 is 20.5 Å². The second-order valence-electron chi connectivity index (χ2n) is 11.5. The zero-order valence-corrected chi connectivity index (χ0v) is 23.0. The molecule has 3 rings (SSSR count). The lowest BCUT2D eigenvalue weighted by Gasteiger charge is -2.39. The zero-order valence-electron chi connectivity index (χ0n) is 22.1. The normalized spacial score (nSPS) is 25.3. The number of carbonyl (C=O) groups is 3. The molecule has 0 unspecified atom stereocenters. The van der Waals surface area contributed by atoms with E-state index in [1.165, 1.54) is 0 Å². The van der Waals surface area contributed by atoms with Gasteiger partial charge >= 0.3 is 11.9 Å². The number of carboxylic acids is 1. The average molecular weight is 517 g/mol. The second kappa shape index (κ2) is 11.8. The average Bonchev–Trinajstić information content (AvgIpc) is 3.23. The number of thiophene rings is 1. The van der Waals surface area contributed by atoms with Crippen LogP contribution in [-0.4, -0.2) is 41.1 Å². The van der Waals surface area contributed by atoms with Crippen LogP contribution < -0.4 is 10.6 Å². The lowest BCUT2D eigenvalue weighted by molar-refractivity contribution is -0.152. The van der Waals surface area contributed by atoms with E-state index in [0.29, 0.717) is 42.2 Å². The SMILES string of the molecule is C[C@@H](N)C(=O)OC1CCC(N(c2cc(C#CC(C)(C)C)sc2C(=O)O)C(=O)[C@H]2CC[C@H](C)CC2)CC1. The highest BCUT2D eigenvalue weighted by Gasteiger charge is 2.38. The van der Waals surface area contributed by atoms with Crippen LogP contribution in [-0.2, 0) is 14.3 Å². The Kier molecular flexibility index (Phi) is 9.23. The third-order valence-corrected chi connectivity index (χ3v) is 8.02. The number of nitrogens with two attached hydrogens (primary N) is 1. The Balaban J connectivity index is 1.92. The van der Waals surface area contributed by atoms with Crippen LogP contribution in [0.1, 0.15) is 101 Å². The van der Waals surface area contributed by atoms with Gasteiger partial charge in [0.25, 0.3) is 0 Å². The van der Waals surface area contributed by atoms with Gasteiger partial charge in [-0.2, -0.15) is 0 Å². The number of ether oxygens (including phenoxy) is 1. The van der Waals surface area contributed by atoms with Crippen molar-refractivity contribution in [3.63, 3.8) is 0 Å². The van der Waals surface area contributed by atoms with E-state index in [4.69, 9.17) is 10.5 Å². The highest BCUT2D eigenvalue weighted by molar-refractivity contribution is 7.15. The van der Waals surface area contributed by atoms with Gasteiger partial charge in [-0.25, -0.2) is 4.79 Å². The molecule has 1 atom stereocenters. The van der Waals surface area contributed by atoms with Crippen molar-refractivity contribution in [2.75, 3.05) is 4.90 Å². The Morgan fingerprint density at radius 1 is 1.11 bits per heavy atom. The van der Waals surface area contributed by atoms with Gasteiger partial charge in [0.1, 0.15) is 17.0 Å². The van der Waals surface area contributed by atoms with E-state index in [0.717, 1.165) is 37.0 Å². The molecule has 0 spiro atoms. The Bertz CT molecular complexity index is 1010. The molecule has 0 aliphatic heterocycles. The van der Waals surface area contributed by atoms with E-state index in [-0.39, 0.29) is 34.3 Å². The molecular formula is C28H40N2O5S. The summed E-state index contributed by atoms with van der Waals surface area (Å²) in [6.45, 7) is 9.82. The minimum absolute atomic E-state index is 0.00792. The molecule has 3 N–H and O–H groups in total. The first-order valence-electron chi connectivity index (χ1n) is 13.0. The first-order chi connectivity index (χ1) is 16.9. The molecule has 2 aliphatic rings. The molecule has 8 heteroatoms. The van der Waals surface area contributed by atoms with Crippen LogP contribution in [0.5, 0.6) is 0 Å². The van der Waals surface area contributed by atoms with Crippen molar-refractivity contribution in [3.8, 4) is 11.8 Å². The maximum atomic E-state index is 14.0. The van der Waals surface area contributed by atoms with Crippen molar-refractivity contribution in [2.24, 2.45) is 23.0 Å². The molecule has 0 aromatic carbocycles. The fourth-order valence-electron chi connectivity index (χ4n) is 4.92. The van der Waals surface area contributed by atoms with E-state index < -0.39 is 18.0 Å². The number of aromatic carboxylic acids is 1. The standard InChI is InChI=1S/C28H40N2O5S/c1-17-6-8-19(9-7-17)25(31)30(20-10-12-21(13-11-20)35-27(34)18(2)29)23-16-22(14-15-28(3,4)5)36-24(23)26(32)33/h16-21H,6-13,29H2,1-5H3,(H,32,33)/t17-,18-,19-,20?,21?/m1/s1. The van der Waals surface area contributed by atoms with Gasteiger partial charge in [0.15, 0.2) is 0 Å². The molecule has 0 bridgehead atoms. The summed E-state index contributed by atoms with van der Waals surface area (Å²) >= 11 is 1.13. The second-order valence-corrected chi connectivity index (χ2v) is 12.5. The lowest BCUT2D eigenvalue weighted by Crippen LogP contribution is -2.47. The Morgan fingerprint density at radius 2 is 1.72 bits per heavy atom. The van der Waals surface area contributed by atoms with Crippen molar-refractivity contribution in [2.45, 2.75) is 104 Å². The molecule has 2 saturated carbocycles. The lowest BCUT2D eigenvalue weighted by atomic mass is 9.81. The molecule has 2 fully saturated rings. The topological polar surface area (TPSA) is 110 Å². The number of hydrogen-bond acceptors (Lipinski definition) is 6. The first-order valence-corrected chi connectivity index (χ1v) is 13.9. The number of esters is 1. The Morgan fingerprint density at radius 3 is 2.25 bits per heavy atom. The minimum atomic E-state index is -1.05. The summed E-state index contributed by atoms with van der Waals surface area (Å²) in [5, 5.41) is 10.0. The summed E-state index contributed by atoms with van der Waals surface area (Å²) in [5.41, 5.74) is 5.87. The summed E-state index contributed by atoms with van der Waals surface area (Å²) in [7, 11) is 0. The molecule has 0 saturated heterocycles. The summed E-state index contributed by atoms with van der Waals surface area (Å²) in [5.74, 6) is 5.32.